The predicted molar refractivity (Wildman–Crippen MR) is 116 cm³/mol. The maximum atomic E-state index is 10.1. The van der Waals surface area contributed by atoms with E-state index >= 15 is 0 Å². The molecule has 1 aliphatic carbocycles. The topological polar surface area (TPSA) is 76.0 Å². The summed E-state index contributed by atoms with van der Waals surface area (Å²) in [6.07, 6.45) is 5.73. The molecular weight excluding hydrogens is 400 g/mol. The van der Waals surface area contributed by atoms with Crippen molar-refractivity contribution in [1.82, 2.24) is 19.7 Å². The van der Waals surface area contributed by atoms with Crippen LogP contribution in [-0.2, 0) is 13.0 Å². The second kappa shape index (κ2) is 8.13. The highest BCUT2D eigenvalue weighted by Crippen LogP contribution is 2.40. The number of aliphatic hydroxyl groups is 1. The van der Waals surface area contributed by atoms with Gasteiger partial charge in [0.25, 0.3) is 0 Å². The standard InChI is InChI=1S/C23H23ClN4O2/c24-16-6-9-22-21(10-16)20-3-1-2-19(23(20)27-22)15-4-7-18(8-5-15)30-12-17(29)11-28-14-25-13-26-28/h4-10,13-14,17,19,27,29H,1-3,11-12H2. The molecule has 4 aromatic rings. The summed E-state index contributed by atoms with van der Waals surface area (Å²) in [5.74, 6) is 1.09. The first-order valence-electron chi connectivity index (χ1n) is 10.2. The van der Waals surface area contributed by atoms with Gasteiger partial charge in [0.05, 0.1) is 6.54 Å². The molecule has 2 atom stereocenters. The van der Waals surface area contributed by atoms with Crippen molar-refractivity contribution >= 4 is 22.5 Å². The molecule has 2 aromatic carbocycles. The summed E-state index contributed by atoms with van der Waals surface area (Å²) in [5, 5.41) is 16.1. The molecule has 0 amide bonds. The van der Waals surface area contributed by atoms with Gasteiger partial charge in [0, 0.05) is 27.5 Å². The molecule has 0 radical (unpaired) electrons. The lowest BCUT2D eigenvalue weighted by atomic mass is 9.82. The monoisotopic (exact) mass is 422 g/mol. The summed E-state index contributed by atoms with van der Waals surface area (Å²) < 4.78 is 7.34. The molecule has 6 nitrogen and oxygen atoms in total. The third kappa shape index (κ3) is 3.80. The number of nitrogens with one attached hydrogen (secondary N) is 1. The summed E-state index contributed by atoms with van der Waals surface area (Å²) in [6, 6.07) is 14.3. The Bertz CT molecular complexity index is 1140. The fourth-order valence-corrected chi connectivity index (χ4v) is 4.52. The SMILES string of the molecule is OC(COc1ccc(C2CCCc3c2[nH]c2ccc(Cl)cc32)cc1)Cn1cncn1. The number of aromatic amines is 1. The highest BCUT2D eigenvalue weighted by atomic mass is 35.5. The lowest BCUT2D eigenvalue weighted by Gasteiger charge is -2.23. The molecule has 1 aliphatic rings. The molecule has 2 heterocycles. The van der Waals surface area contributed by atoms with Crippen LogP contribution in [-0.4, -0.2) is 37.6 Å². The Morgan fingerprint density at radius 3 is 2.90 bits per heavy atom. The van der Waals surface area contributed by atoms with Crippen molar-refractivity contribution in [2.45, 2.75) is 37.8 Å². The van der Waals surface area contributed by atoms with E-state index in [4.69, 9.17) is 16.3 Å². The van der Waals surface area contributed by atoms with E-state index in [9.17, 15) is 5.11 Å². The number of aryl methyl sites for hydroxylation is 1. The number of benzene rings is 2. The maximum Gasteiger partial charge on any atom is 0.137 e. The number of hydrogen-bond donors (Lipinski definition) is 2. The molecule has 2 unspecified atom stereocenters. The highest BCUT2D eigenvalue weighted by Gasteiger charge is 2.25. The van der Waals surface area contributed by atoms with Crippen LogP contribution in [0.3, 0.4) is 0 Å². The van der Waals surface area contributed by atoms with Gasteiger partial charge in [0.15, 0.2) is 0 Å². The van der Waals surface area contributed by atoms with E-state index in [1.54, 1.807) is 11.0 Å². The number of aliphatic hydroxyl groups excluding tert-OH is 1. The van der Waals surface area contributed by atoms with Crippen molar-refractivity contribution in [2.75, 3.05) is 6.61 Å². The van der Waals surface area contributed by atoms with Crippen molar-refractivity contribution in [1.29, 1.82) is 0 Å². The van der Waals surface area contributed by atoms with E-state index < -0.39 is 6.10 Å². The van der Waals surface area contributed by atoms with Crippen LogP contribution in [0.25, 0.3) is 10.9 Å². The van der Waals surface area contributed by atoms with E-state index in [0.29, 0.717) is 12.5 Å². The quantitative estimate of drug-likeness (QED) is 0.485. The average molecular weight is 423 g/mol. The van der Waals surface area contributed by atoms with Crippen molar-refractivity contribution < 1.29 is 9.84 Å². The van der Waals surface area contributed by atoms with Gasteiger partial charge < -0.3 is 14.8 Å². The zero-order valence-corrected chi connectivity index (χ0v) is 17.2. The molecule has 0 bridgehead atoms. The molecule has 0 saturated carbocycles. The van der Waals surface area contributed by atoms with Gasteiger partial charge in [-0.3, -0.25) is 4.68 Å². The van der Waals surface area contributed by atoms with Gasteiger partial charge in [-0.15, -0.1) is 0 Å². The van der Waals surface area contributed by atoms with Crippen molar-refractivity contribution in [2.24, 2.45) is 0 Å². The molecule has 0 saturated heterocycles. The van der Waals surface area contributed by atoms with Crippen LogP contribution in [0.15, 0.2) is 55.1 Å². The first-order chi connectivity index (χ1) is 14.7. The Morgan fingerprint density at radius 1 is 1.23 bits per heavy atom. The summed E-state index contributed by atoms with van der Waals surface area (Å²) in [7, 11) is 0. The van der Waals surface area contributed by atoms with Crippen LogP contribution < -0.4 is 4.74 Å². The maximum absolute atomic E-state index is 10.1. The van der Waals surface area contributed by atoms with Crippen molar-refractivity contribution in [3.05, 3.63) is 77.0 Å². The Labute approximate surface area is 179 Å². The van der Waals surface area contributed by atoms with Crippen molar-refractivity contribution in [3.8, 4) is 5.75 Å². The molecule has 7 heteroatoms. The van der Waals surface area contributed by atoms with Gasteiger partial charge in [-0.2, -0.15) is 5.10 Å². The minimum Gasteiger partial charge on any atom is -0.491 e. The third-order valence-electron chi connectivity index (χ3n) is 5.76. The zero-order chi connectivity index (χ0) is 20.5. The number of rotatable bonds is 6. The Morgan fingerprint density at radius 2 is 2.10 bits per heavy atom. The van der Waals surface area contributed by atoms with Gasteiger partial charge >= 0.3 is 0 Å². The van der Waals surface area contributed by atoms with Gasteiger partial charge in [-0.1, -0.05) is 23.7 Å². The summed E-state index contributed by atoms with van der Waals surface area (Å²) in [5.41, 5.74) is 5.11. The Balaban J connectivity index is 1.30. The van der Waals surface area contributed by atoms with E-state index in [1.807, 2.05) is 18.2 Å². The molecule has 154 valence electrons. The number of halogens is 1. The Kier molecular flexibility index (Phi) is 5.19. The van der Waals surface area contributed by atoms with Crippen molar-refractivity contribution in [3.63, 3.8) is 0 Å². The first-order valence-corrected chi connectivity index (χ1v) is 10.6. The Hall–Kier alpha value is -2.83. The molecule has 0 aliphatic heterocycles. The summed E-state index contributed by atoms with van der Waals surface area (Å²) >= 11 is 6.23. The predicted octanol–water partition coefficient (Wildman–Crippen LogP) is 4.32. The number of aromatic nitrogens is 4. The van der Waals surface area contributed by atoms with Crippen LogP contribution in [0.5, 0.6) is 5.75 Å². The van der Waals surface area contributed by atoms with E-state index in [2.05, 4.69) is 39.3 Å². The largest absolute Gasteiger partial charge is 0.491 e. The lowest BCUT2D eigenvalue weighted by Crippen LogP contribution is -2.23. The molecule has 5 rings (SSSR count). The molecule has 2 aromatic heterocycles. The number of fused-ring (bicyclic) bond motifs is 3. The van der Waals surface area contributed by atoms with Crippen LogP contribution in [0, 0.1) is 0 Å². The fourth-order valence-electron chi connectivity index (χ4n) is 4.35. The van der Waals surface area contributed by atoms with Crippen LogP contribution in [0.2, 0.25) is 5.02 Å². The van der Waals surface area contributed by atoms with E-state index in [-0.39, 0.29) is 6.61 Å². The van der Waals surface area contributed by atoms with Crippen LogP contribution in [0.1, 0.15) is 35.6 Å². The molecular formula is C23H23ClN4O2. The average Bonchev–Trinajstić information content (AvgIpc) is 3.40. The fraction of sp³-hybridized carbons (Fsp3) is 0.304. The lowest BCUT2D eigenvalue weighted by molar-refractivity contribution is 0.0892. The van der Waals surface area contributed by atoms with Gasteiger partial charge in [0.2, 0.25) is 0 Å². The third-order valence-corrected chi connectivity index (χ3v) is 5.99. The first kappa shape index (κ1) is 19.2. The molecule has 2 N–H and O–H groups in total. The second-order valence-corrected chi connectivity index (χ2v) is 8.24. The summed E-state index contributed by atoms with van der Waals surface area (Å²) in [6.45, 7) is 0.558. The summed E-state index contributed by atoms with van der Waals surface area (Å²) in [4.78, 5) is 7.50. The van der Waals surface area contributed by atoms with Gasteiger partial charge in [-0.05, 0) is 60.7 Å². The van der Waals surface area contributed by atoms with Gasteiger partial charge in [0.1, 0.15) is 31.1 Å². The minimum absolute atomic E-state index is 0.204. The number of hydrogen-bond acceptors (Lipinski definition) is 4. The minimum atomic E-state index is -0.648. The van der Waals surface area contributed by atoms with E-state index in [1.165, 1.54) is 28.5 Å². The van der Waals surface area contributed by atoms with Crippen LogP contribution >= 0.6 is 11.6 Å². The highest BCUT2D eigenvalue weighted by molar-refractivity contribution is 6.31. The molecule has 30 heavy (non-hydrogen) atoms. The van der Waals surface area contributed by atoms with E-state index in [0.717, 1.165) is 35.6 Å². The normalized spacial score (nSPS) is 17.1. The van der Waals surface area contributed by atoms with Gasteiger partial charge in [-0.25, -0.2) is 4.98 Å². The van der Waals surface area contributed by atoms with Crippen LogP contribution in [0.4, 0.5) is 0 Å². The smallest absolute Gasteiger partial charge is 0.137 e. The number of nitrogens with zero attached hydrogens (tertiary/aromatic N) is 3. The zero-order valence-electron chi connectivity index (χ0n) is 16.5. The molecule has 0 spiro atoms. The second-order valence-electron chi connectivity index (χ2n) is 7.80. The number of H-pyrrole nitrogens is 1. The molecule has 0 fully saturated rings. The number of ether oxygens (including phenoxy) is 1.